The lowest BCUT2D eigenvalue weighted by Gasteiger charge is -2.09. The van der Waals surface area contributed by atoms with E-state index in [0.717, 1.165) is 11.1 Å². The number of hydrogen-bond donors (Lipinski definition) is 2. The van der Waals surface area contributed by atoms with Crippen molar-refractivity contribution < 1.29 is 14.3 Å². The van der Waals surface area contributed by atoms with Crippen molar-refractivity contribution in [2.24, 2.45) is 0 Å². The summed E-state index contributed by atoms with van der Waals surface area (Å²) in [5.74, 6) is 0.242. The van der Waals surface area contributed by atoms with Crippen molar-refractivity contribution in [1.82, 2.24) is 10.3 Å². The van der Waals surface area contributed by atoms with Crippen LogP contribution in [0.1, 0.15) is 21.5 Å². The summed E-state index contributed by atoms with van der Waals surface area (Å²) in [4.78, 5) is 28.0. The molecule has 0 spiro atoms. The standard InChI is InChI=1S/C22H21N3O3/c1-16-4-10-20(11-5-16)28-15-21(26)24-13-17-6-8-19(9-7-17)25-22(27)18-3-2-12-23-14-18/h2-12,14H,13,15H2,1H3,(H,24,26)(H,25,27). The highest BCUT2D eigenvalue weighted by molar-refractivity contribution is 6.04. The van der Waals surface area contributed by atoms with Gasteiger partial charge < -0.3 is 15.4 Å². The zero-order chi connectivity index (χ0) is 19.8. The number of benzene rings is 2. The lowest BCUT2D eigenvalue weighted by molar-refractivity contribution is -0.123. The van der Waals surface area contributed by atoms with Gasteiger partial charge in [0.15, 0.2) is 6.61 Å². The number of hydrogen-bond acceptors (Lipinski definition) is 4. The van der Waals surface area contributed by atoms with Crippen LogP contribution in [0.2, 0.25) is 0 Å². The maximum atomic E-state index is 12.1. The third-order valence-electron chi connectivity index (χ3n) is 4.02. The Morgan fingerprint density at radius 3 is 2.43 bits per heavy atom. The summed E-state index contributed by atoms with van der Waals surface area (Å²) < 4.78 is 5.45. The van der Waals surface area contributed by atoms with Gasteiger partial charge in [0.05, 0.1) is 5.56 Å². The van der Waals surface area contributed by atoms with Gasteiger partial charge >= 0.3 is 0 Å². The minimum Gasteiger partial charge on any atom is -0.484 e. The molecule has 3 aromatic rings. The Morgan fingerprint density at radius 1 is 1.00 bits per heavy atom. The average molecular weight is 375 g/mol. The number of nitrogens with zero attached hydrogens (tertiary/aromatic N) is 1. The Hall–Kier alpha value is -3.67. The third-order valence-corrected chi connectivity index (χ3v) is 4.02. The summed E-state index contributed by atoms with van der Waals surface area (Å²) >= 11 is 0. The first kappa shape index (κ1) is 19.1. The van der Waals surface area contributed by atoms with E-state index in [1.54, 1.807) is 30.5 Å². The Morgan fingerprint density at radius 2 is 1.75 bits per heavy atom. The van der Waals surface area contributed by atoms with Crippen molar-refractivity contribution in [2.75, 3.05) is 11.9 Å². The molecular weight excluding hydrogens is 354 g/mol. The second-order valence-corrected chi connectivity index (χ2v) is 6.27. The highest BCUT2D eigenvalue weighted by Crippen LogP contribution is 2.12. The molecule has 0 radical (unpaired) electrons. The minimum atomic E-state index is -0.220. The van der Waals surface area contributed by atoms with E-state index in [9.17, 15) is 9.59 Å². The summed E-state index contributed by atoms with van der Waals surface area (Å²) in [7, 11) is 0. The molecule has 1 aromatic heterocycles. The number of aromatic nitrogens is 1. The van der Waals surface area contributed by atoms with Crippen molar-refractivity contribution in [3.63, 3.8) is 0 Å². The van der Waals surface area contributed by atoms with Crippen LogP contribution in [0.25, 0.3) is 0 Å². The van der Waals surface area contributed by atoms with E-state index in [1.807, 2.05) is 43.3 Å². The average Bonchev–Trinajstić information content (AvgIpc) is 2.73. The summed E-state index contributed by atoms with van der Waals surface area (Å²) in [5.41, 5.74) is 3.22. The van der Waals surface area contributed by atoms with Gasteiger partial charge in [0.1, 0.15) is 5.75 Å². The first-order valence-electron chi connectivity index (χ1n) is 8.86. The molecule has 0 saturated carbocycles. The molecular formula is C22H21N3O3. The summed E-state index contributed by atoms with van der Waals surface area (Å²) in [6.45, 7) is 2.33. The minimum absolute atomic E-state index is 0.0394. The fraction of sp³-hybridized carbons (Fsp3) is 0.136. The molecule has 0 atom stereocenters. The Kier molecular flexibility index (Phi) is 6.36. The van der Waals surface area contributed by atoms with Crippen LogP contribution in [0.5, 0.6) is 5.75 Å². The molecule has 6 nitrogen and oxygen atoms in total. The molecule has 3 rings (SSSR count). The monoisotopic (exact) mass is 375 g/mol. The van der Waals surface area contributed by atoms with Gasteiger partial charge in [-0.05, 0) is 48.9 Å². The summed E-state index contributed by atoms with van der Waals surface area (Å²) in [5, 5.41) is 5.61. The van der Waals surface area contributed by atoms with Gasteiger partial charge in [-0.3, -0.25) is 14.6 Å². The molecule has 2 N–H and O–H groups in total. The van der Waals surface area contributed by atoms with Crippen LogP contribution >= 0.6 is 0 Å². The van der Waals surface area contributed by atoms with Gasteiger partial charge in [0.2, 0.25) is 0 Å². The van der Waals surface area contributed by atoms with Gasteiger partial charge in [0.25, 0.3) is 11.8 Å². The maximum absolute atomic E-state index is 12.1. The molecule has 2 aromatic carbocycles. The zero-order valence-corrected chi connectivity index (χ0v) is 15.5. The van der Waals surface area contributed by atoms with E-state index in [2.05, 4.69) is 15.6 Å². The Bertz CT molecular complexity index is 924. The van der Waals surface area contributed by atoms with Crippen LogP contribution in [0.15, 0.2) is 73.1 Å². The molecule has 0 fully saturated rings. The lowest BCUT2D eigenvalue weighted by atomic mass is 10.2. The molecule has 1 heterocycles. The fourth-order valence-corrected chi connectivity index (χ4v) is 2.44. The molecule has 2 amide bonds. The summed E-state index contributed by atoms with van der Waals surface area (Å²) in [6.07, 6.45) is 3.13. The Labute approximate surface area is 163 Å². The van der Waals surface area contributed by atoms with E-state index in [4.69, 9.17) is 4.74 Å². The van der Waals surface area contributed by atoms with E-state index >= 15 is 0 Å². The molecule has 0 saturated heterocycles. The predicted octanol–water partition coefficient (Wildman–Crippen LogP) is 3.34. The van der Waals surface area contributed by atoms with Crippen LogP contribution < -0.4 is 15.4 Å². The van der Waals surface area contributed by atoms with Crippen molar-refractivity contribution in [1.29, 1.82) is 0 Å². The van der Waals surface area contributed by atoms with Crippen LogP contribution in [0.3, 0.4) is 0 Å². The number of rotatable bonds is 7. The topological polar surface area (TPSA) is 80.3 Å². The Balaban J connectivity index is 1.44. The van der Waals surface area contributed by atoms with Crippen LogP contribution in [0.4, 0.5) is 5.69 Å². The second-order valence-electron chi connectivity index (χ2n) is 6.27. The van der Waals surface area contributed by atoms with E-state index < -0.39 is 0 Å². The van der Waals surface area contributed by atoms with E-state index in [0.29, 0.717) is 23.5 Å². The smallest absolute Gasteiger partial charge is 0.258 e. The number of amides is 2. The number of pyridine rings is 1. The highest BCUT2D eigenvalue weighted by atomic mass is 16.5. The largest absolute Gasteiger partial charge is 0.484 e. The van der Waals surface area contributed by atoms with Crippen molar-refractivity contribution in [2.45, 2.75) is 13.5 Å². The molecule has 0 bridgehead atoms. The lowest BCUT2D eigenvalue weighted by Crippen LogP contribution is -2.28. The van der Waals surface area contributed by atoms with Gasteiger partial charge in [-0.1, -0.05) is 29.8 Å². The normalized spacial score (nSPS) is 10.2. The van der Waals surface area contributed by atoms with Crippen LogP contribution in [-0.2, 0) is 11.3 Å². The molecule has 0 unspecified atom stereocenters. The molecule has 0 aliphatic carbocycles. The SMILES string of the molecule is Cc1ccc(OCC(=O)NCc2ccc(NC(=O)c3cccnc3)cc2)cc1. The number of carbonyl (C=O) groups excluding carboxylic acids is 2. The predicted molar refractivity (Wildman–Crippen MR) is 107 cm³/mol. The van der Waals surface area contributed by atoms with Gasteiger partial charge in [-0.2, -0.15) is 0 Å². The maximum Gasteiger partial charge on any atom is 0.258 e. The third kappa shape index (κ3) is 5.67. The molecule has 6 heteroatoms. The number of nitrogens with one attached hydrogen (secondary N) is 2. The van der Waals surface area contributed by atoms with Crippen LogP contribution in [-0.4, -0.2) is 23.4 Å². The van der Waals surface area contributed by atoms with Crippen LogP contribution in [0, 0.1) is 6.92 Å². The number of carbonyl (C=O) groups is 2. The van der Waals surface area contributed by atoms with Crippen molar-refractivity contribution in [3.05, 3.63) is 89.7 Å². The first-order valence-corrected chi connectivity index (χ1v) is 8.86. The first-order chi connectivity index (χ1) is 13.6. The van der Waals surface area contributed by atoms with Gasteiger partial charge in [-0.25, -0.2) is 0 Å². The van der Waals surface area contributed by atoms with Gasteiger partial charge in [-0.15, -0.1) is 0 Å². The fourth-order valence-electron chi connectivity index (χ4n) is 2.44. The van der Waals surface area contributed by atoms with E-state index in [-0.39, 0.29) is 18.4 Å². The number of anilines is 1. The number of aryl methyl sites for hydroxylation is 1. The quantitative estimate of drug-likeness (QED) is 0.664. The summed E-state index contributed by atoms with van der Waals surface area (Å²) in [6, 6.07) is 18.2. The van der Waals surface area contributed by atoms with E-state index in [1.165, 1.54) is 6.20 Å². The molecule has 28 heavy (non-hydrogen) atoms. The number of ether oxygens (including phenoxy) is 1. The molecule has 0 aliphatic rings. The molecule has 142 valence electrons. The molecule has 0 aliphatic heterocycles. The zero-order valence-electron chi connectivity index (χ0n) is 15.5. The second kappa shape index (κ2) is 9.32. The van der Waals surface area contributed by atoms with Crippen molar-refractivity contribution >= 4 is 17.5 Å². The highest BCUT2D eigenvalue weighted by Gasteiger charge is 2.06. The van der Waals surface area contributed by atoms with Gasteiger partial charge in [0, 0.05) is 24.6 Å². The van der Waals surface area contributed by atoms with Crippen molar-refractivity contribution in [3.8, 4) is 5.75 Å².